The predicted molar refractivity (Wildman–Crippen MR) is 124 cm³/mol. The number of carbonyl (C=O) groups excluding carboxylic acids is 2. The van der Waals surface area contributed by atoms with Gasteiger partial charge in [0, 0.05) is 31.4 Å². The Kier molecular flexibility index (Phi) is 8.57. The molecule has 0 spiro atoms. The number of hydrogen-bond donors (Lipinski definition) is 1. The van der Waals surface area contributed by atoms with Crippen molar-refractivity contribution < 1.29 is 35.9 Å². The number of hydrogen-bond acceptors (Lipinski definition) is 3. The highest BCUT2D eigenvalue weighted by Gasteiger charge is 2.38. The molecule has 2 aromatic carbocycles. The summed E-state index contributed by atoms with van der Waals surface area (Å²) in [6.45, 7) is 0.0842. The van der Waals surface area contributed by atoms with Gasteiger partial charge in [0.05, 0.1) is 11.1 Å². The van der Waals surface area contributed by atoms with Gasteiger partial charge >= 0.3 is 12.4 Å². The van der Waals surface area contributed by atoms with Crippen molar-refractivity contribution in [1.29, 1.82) is 0 Å². The zero-order valence-electron chi connectivity index (χ0n) is 19.6. The Bertz CT molecular complexity index is 1180. The summed E-state index contributed by atoms with van der Waals surface area (Å²) < 4.78 is 79.7. The predicted octanol–water partition coefficient (Wildman–Crippen LogP) is 5.62. The van der Waals surface area contributed by atoms with Crippen LogP contribution in [0.15, 0.2) is 72.9 Å². The molecule has 5 nitrogen and oxygen atoms in total. The van der Waals surface area contributed by atoms with E-state index in [1.54, 1.807) is 42.5 Å². The van der Waals surface area contributed by atoms with E-state index < -0.39 is 46.9 Å². The third-order valence-corrected chi connectivity index (χ3v) is 5.68. The second-order valence-corrected chi connectivity index (χ2v) is 8.31. The van der Waals surface area contributed by atoms with Crippen LogP contribution >= 0.6 is 0 Å². The number of likely N-dealkylation sites (N-methyl/N-ethyl adjacent to an activating group) is 1. The number of aromatic nitrogens is 1. The van der Waals surface area contributed by atoms with Crippen molar-refractivity contribution in [3.63, 3.8) is 0 Å². The van der Waals surface area contributed by atoms with E-state index in [1.807, 2.05) is 0 Å². The summed E-state index contributed by atoms with van der Waals surface area (Å²) in [5.41, 5.74) is -2.90. The van der Waals surface area contributed by atoms with Gasteiger partial charge in [0.15, 0.2) is 0 Å². The minimum Gasteiger partial charge on any atom is -0.351 e. The number of nitrogens with zero attached hydrogens (tertiary/aromatic N) is 2. The molecule has 37 heavy (non-hydrogen) atoms. The quantitative estimate of drug-likeness (QED) is 0.390. The Morgan fingerprint density at radius 3 is 2.03 bits per heavy atom. The molecule has 1 aromatic heterocycles. The van der Waals surface area contributed by atoms with Crippen molar-refractivity contribution in [2.24, 2.45) is 0 Å². The molecule has 0 aliphatic rings. The van der Waals surface area contributed by atoms with Crippen LogP contribution in [-0.4, -0.2) is 41.3 Å². The van der Waals surface area contributed by atoms with Gasteiger partial charge in [-0.25, -0.2) is 0 Å². The van der Waals surface area contributed by atoms with Crippen LogP contribution in [0.3, 0.4) is 0 Å². The second-order valence-electron chi connectivity index (χ2n) is 8.31. The first-order valence-corrected chi connectivity index (χ1v) is 11.2. The lowest BCUT2D eigenvalue weighted by atomic mass is 9.99. The fourth-order valence-corrected chi connectivity index (χ4v) is 3.71. The highest BCUT2D eigenvalue weighted by Crippen LogP contribution is 2.36. The van der Waals surface area contributed by atoms with E-state index in [4.69, 9.17) is 0 Å². The zero-order chi connectivity index (χ0) is 27.2. The van der Waals surface area contributed by atoms with Crippen LogP contribution in [0, 0.1) is 0 Å². The van der Waals surface area contributed by atoms with Crippen LogP contribution in [0.1, 0.15) is 44.0 Å². The molecule has 2 amide bonds. The van der Waals surface area contributed by atoms with Crippen molar-refractivity contribution in [2.45, 2.75) is 31.2 Å². The van der Waals surface area contributed by atoms with Crippen molar-refractivity contribution in [2.75, 3.05) is 13.6 Å². The molecule has 0 bridgehead atoms. The Morgan fingerprint density at radius 1 is 0.892 bits per heavy atom. The fraction of sp³-hybridized carbons (Fsp3) is 0.269. The molecule has 11 heteroatoms. The SMILES string of the molecule is CN(C(=O)c1cc(C(F)(F)F)cc(C(F)(F)F)c1)[C@H](CCNC(=O)c1ccccn1)Cc1ccccc1. The number of amides is 2. The maximum absolute atomic E-state index is 13.3. The molecule has 196 valence electrons. The Labute approximate surface area is 209 Å². The molecule has 3 rings (SSSR count). The molecule has 0 fully saturated rings. The topological polar surface area (TPSA) is 62.3 Å². The highest BCUT2D eigenvalue weighted by atomic mass is 19.4. The average molecular weight is 523 g/mol. The van der Waals surface area contributed by atoms with Gasteiger partial charge in [-0.15, -0.1) is 0 Å². The molecule has 1 atom stereocenters. The summed E-state index contributed by atoms with van der Waals surface area (Å²) in [6, 6.07) is 13.8. The van der Waals surface area contributed by atoms with Crippen LogP contribution in [0.2, 0.25) is 0 Å². The highest BCUT2D eigenvalue weighted by molar-refractivity contribution is 5.95. The average Bonchev–Trinajstić information content (AvgIpc) is 2.87. The molecule has 0 aliphatic heterocycles. The van der Waals surface area contributed by atoms with Gasteiger partial charge in [0.1, 0.15) is 5.69 Å². The smallest absolute Gasteiger partial charge is 0.351 e. The largest absolute Gasteiger partial charge is 0.416 e. The van der Waals surface area contributed by atoms with E-state index in [1.165, 1.54) is 19.3 Å². The Hall–Kier alpha value is -3.89. The van der Waals surface area contributed by atoms with Crippen molar-refractivity contribution in [1.82, 2.24) is 15.2 Å². The van der Waals surface area contributed by atoms with Gasteiger partial charge < -0.3 is 10.2 Å². The van der Waals surface area contributed by atoms with Gasteiger partial charge in [-0.1, -0.05) is 36.4 Å². The van der Waals surface area contributed by atoms with Crippen LogP contribution < -0.4 is 5.32 Å². The van der Waals surface area contributed by atoms with Crippen LogP contribution in [0.4, 0.5) is 26.3 Å². The van der Waals surface area contributed by atoms with Crippen LogP contribution in [-0.2, 0) is 18.8 Å². The first kappa shape index (κ1) is 27.7. The first-order chi connectivity index (χ1) is 17.4. The summed E-state index contributed by atoms with van der Waals surface area (Å²) in [4.78, 5) is 30.5. The number of carbonyl (C=O) groups is 2. The molecular weight excluding hydrogens is 500 g/mol. The molecular formula is C26H23F6N3O2. The number of benzene rings is 2. The molecule has 0 saturated carbocycles. The van der Waals surface area contributed by atoms with Gasteiger partial charge in [0.2, 0.25) is 0 Å². The van der Waals surface area contributed by atoms with Gasteiger partial charge in [-0.2, -0.15) is 26.3 Å². The Balaban J connectivity index is 1.85. The lowest BCUT2D eigenvalue weighted by Gasteiger charge is -2.29. The number of halogens is 6. The minimum absolute atomic E-state index is 0.0224. The molecule has 0 radical (unpaired) electrons. The number of nitrogens with one attached hydrogen (secondary N) is 1. The van der Waals surface area contributed by atoms with E-state index >= 15 is 0 Å². The first-order valence-electron chi connectivity index (χ1n) is 11.2. The molecule has 0 unspecified atom stereocenters. The lowest BCUT2D eigenvalue weighted by molar-refractivity contribution is -0.143. The summed E-state index contributed by atoms with van der Waals surface area (Å²) in [7, 11) is 1.31. The third kappa shape index (κ3) is 7.55. The summed E-state index contributed by atoms with van der Waals surface area (Å²) in [5.74, 6) is -1.46. The lowest BCUT2D eigenvalue weighted by Crippen LogP contribution is -2.41. The number of pyridine rings is 1. The normalized spacial score (nSPS) is 12.6. The van der Waals surface area contributed by atoms with E-state index in [-0.39, 0.29) is 31.1 Å². The van der Waals surface area contributed by atoms with Crippen LogP contribution in [0.25, 0.3) is 0 Å². The monoisotopic (exact) mass is 523 g/mol. The molecule has 1 heterocycles. The summed E-state index contributed by atoms with van der Waals surface area (Å²) >= 11 is 0. The van der Waals surface area contributed by atoms with Gasteiger partial charge in [-0.3, -0.25) is 14.6 Å². The standard InChI is InChI=1S/C26H23F6N3O2/c1-35(24(37)18-14-19(25(27,28)29)16-20(15-18)26(30,31)32)21(13-17-7-3-2-4-8-17)10-12-34-23(36)22-9-5-6-11-33-22/h2-9,11,14-16,21H,10,12-13H2,1H3,(H,34,36)/t21-/m1/s1. The van der Waals surface area contributed by atoms with Gasteiger partial charge in [0.25, 0.3) is 11.8 Å². The van der Waals surface area contributed by atoms with E-state index in [0.29, 0.717) is 12.1 Å². The maximum Gasteiger partial charge on any atom is 0.416 e. The molecule has 0 saturated heterocycles. The third-order valence-electron chi connectivity index (χ3n) is 5.68. The fourth-order valence-electron chi connectivity index (χ4n) is 3.71. The van der Waals surface area contributed by atoms with E-state index in [9.17, 15) is 35.9 Å². The van der Waals surface area contributed by atoms with E-state index in [2.05, 4.69) is 10.3 Å². The second kappa shape index (κ2) is 11.4. The summed E-state index contributed by atoms with van der Waals surface area (Å²) in [5, 5.41) is 2.67. The summed E-state index contributed by atoms with van der Waals surface area (Å²) in [6.07, 6.45) is -8.26. The minimum atomic E-state index is -5.08. The number of alkyl halides is 6. The number of rotatable bonds is 8. The van der Waals surface area contributed by atoms with Crippen molar-refractivity contribution in [3.05, 3.63) is 101 Å². The molecule has 3 aromatic rings. The van der Waals surface area contributed by atoms with Crippen molar-refractivity contribution in [3.8, 4) is 0 Å². The Morgan fingerprint density at radius 2 is 1.49 bits per heavy atom. The van der Waals surface area contributed by atoms with Crippen molar-refractivity contribution >= 4 is 11.8 Å². The maximum atomic E-state index is 13.3. The molecule has 1 N–H and O–H groups in total. The van der Waals surface area contributed by atoms with E-state index in [0.717, 1.165) is 10.5 Å². The van der Waals surface area contributed by atoms with Gasteiger partial charge in [-0.05, 0) is 48.7 Å². The van der Waals surface area contributed by atoms with Crippen LogP contribution in [0.5, 0.6) is 0 Å². The molecule has 0 aliphatic carbocycles. The zero-order valence-corrected chi connectivity index (χ0v) is 19.6.